The molecular weight excluding hydrogens is 558 g/mol. The summed E-state index contributed by atoms with van der Waals surface area (Å²) in [6, 6.07) is 0.881. The van der Waals surface area contributed by atoms with Gasteiger partial charge in [-0.1, -0.05) is 0 Å². The number of ether oxygens (including phenoxy) is 5. The zero-order valence-electron chi connectivity index (χ0n) is 21.6. The number of aliphatic hydroxyl groups excluding tert-OH is 1. The van der Waals surface area contributed by atoms with E-state index in [0.29, 0.717) is 4.57 Å². The van der Waals surface area contributed by atoms with Gasteiger partial charge in [-0.3, -0.25) is 18.9 Å². The van der Waals surface area contributed by atoms with E-state index in [0.717, 1.165) is 19.2 Å². The minimum absolute atomic E-state index is 0.569. The standard InChI is InChI=1S/C20H30FN2O15P/c1-11(2)36-17(27)31-9-34-39(30,35-10-32-18(28)37-12(3)4)33-8-20(21)14(25)19(5,29)15(38-20)23-7-6-13(24)22-16(23)26/h6-7,11-12,14-15,25,29H,8-10H2,1-5H3,(H,22,24,26)/t14-,15?,19+,20+/m0/s1. The van der Waals surface area contributed by atoms with E-state index in [9.17, 15) is 34.0 Å². The Balaban J connectivity index is 2.17. The van der Waals surface area contributed by atoms with Crippen LogP contribution in [0.15, 0.2) is 21.9 Å². The number of alkyl halides is 1. The number of aliphatic hydroxyl groups is 2. The Morgan fingerprint density at radius 2 is 1.62 bits per heavy atom. The summed E-state index contributed by atoms with van der Waals surface area (Å²) >= 11 is 0. The Morgan fingerprint density at radius 3 is 2.08 bits per heavy atom. The van der Waals surface area contributed by atoms with E-state index in [-0.39, 0.29) is 0 Å². The molecule has 3 N–H and O–H groups in total. The molecule has 1 aromatic rings. The van der Waals surface area contributed by atoms with Crippen LogP contribution in [0.25, 0.3) is 0 Å². The molecule has 1 aliphatic heterocycles. The molecular formula is C20H30FN2O15P. The van der Waals surface area contributed by atoms with Crippen LogP contribution in [0.1, 0.15) is 40.8 Å². The molecule has 4 atom stereocenters. The number of carbonyl (C=O) groups is 2. The molecule has 2 rings (SSSR count). The van der Waals surface area contributed by atoms with Crippen molar-refractivity contribution in [1.29, 1.82) is 0 Å². The Kier molecular flexibility index (Phi) is 10.8. The maximum Gasteiger partial charge on any atom is 0.510 e. The maximum absolute atomic E-state index is 15.7. The number of phosphoric ester groups is 1. The van der Waals surface area contributed by atoms with E-state index in [1.165, 1.54) is 27.7 Å². The average Bonchev–Trinajstić information content (AvgIpc) is 2.97. The molecule has 1 aliphatic rings. The van der Waals surface area contributed by atoms with Crippen LogP contribution in [0.4, 0.5) is 14.0 Å². The first-order valence-corrected chi connectivity index (χ1v) is 12.7. The van der Waals surface area contributed by atoms with Gasteiger partial charge in [0.25, 0.3) is 11.4 Å². The highest BCUT2D eigenvalue weighted by atomic mass is 31.2. The zero-order chi connectivity index (χ0) is 29.6. The Hall–Kier alpha value is -2.86. The summed E-state index contributed by atoms with van der Waals surface area (Å²) in [4.78, 5) is 48.4. The lowest BCUT2D eigenvalue weighted by Gasteiger charge is -2.28. The molecule has 222 valence electrons. The fourth-order valence-electron chi connectivity index (χ4n) is 3.01. The van der Waals surface area contributed by atoms with Gasteiger partial charge >= 0.3 is 25.8 Å². The Bertz CT molecular complexity index is 1140. The molecule has 2 heterocycles. The predicted molar refractivity (Wildman–Crippen MR) is 123 cm³/mol. The lowest BCUT2D eigenvalue weighted by atomic mass is 9.95. The average molecular weight is 588 g/mol. The van der Waals surface area contributed by atoms with Crippen LogP contribution in [0, 0.1) is 0 Å². The first kappa shape index (κ1) is 32.4. The molecule has 0 spiro atoms. The molecule has 0 aromatic carbocycles. The van der Waals surface area contributed by atoms with Crippen LogP contribution in [0.2, 0.25) is 0 Å². The lowest BCUT2D eigenvalue weighted by Crippen LogP contribution is -2.50. The molecule has 39 heavy (non-hydrogen) atoms. The summed E-state index contributed by atoms with van der Waals surface area (Å²) in [7, 11) is -4.97. The maximum atomic E-state index is 15.7. The monoisotopic (exact) mass is 588 g/mol. The van der Waals surface area contributed by atoms with Crippen molar-refractivity contribution in [2.24, 2.45) is 0 Å². The topological polar surface area (TPSA) is 220 Å². The van der Waals surface area contributed by atoms with Gasteiger partial charge in [-0.2, -0.15) is 0 Å². The van der Waals surface area contributed by atoms with Crippen molar-refractivity contribution >= 4 is 20.1 Å². The minimum atomic E-state index is -4.97. The fourth-order valence-corrected chi connectivity index (χ4v) is 3.94. The first-order chi connectivity index (χ1) is 18.0. The van der Waals surface area contributed by atoms with Crippen molar-refractivity contribution < 1.29 is 66.0 Å². The lowest BCUT2D eigenvalue weighted by molar-refractivity contribution is -0.206. The van der Waals surface area contributed by atoms with Gasteiger partial charge in [-0.05, 0) is 34.6 Å². The minimum Gasteiger partial charge on any atom is -0.432 e. The van der Waals surface area contributed by atoms with Crippen LogP contribution in [-0.4, -0.2) is 82.0 Å². The van der Waals surface area contributed by atoms with Gasteiger partial charge in [0.15, 0.2) is 6.23 Å². The third kappa shape index (κ3) is 8.82. The van der Waals surface area contributed by atoms with E-state index < -0.39 is 87.6 Å². The Morgan fingerprint density at radius 1 is 1.10 bits per heavy atom. The second-order valence-electron chi connectivity index (χ2n) is 8.74. The molecule has 1 fully saturated rings. The van der Waals surface area contributed by atoms with Gasteiger partial charge < -0.3 is 33.9 Å². The molecule has 0 saturated carbocycles. The van der Waals surface area contributed by atoms with Crippen LogP contribution in [0.3, 0.4) is 0 Å². The van der Waals surface area contributed by atoms with Gasteiger partial charge in [0.2, 0.25) is 13.6 Å². The van der Waals surface area contributed by atoms with Gasteiger partial charge in [0.1, 0.15) is 18.3 Å². The Labute approximate surface area is 220 Å². The van der Waals surface area contributed by atoms with Crippen LogP contribution < -0.4 is 11.2 Å². The summed E-state index contributed by atoms with van der Waals surface area (Å²) in [5.74, 6) is -3.35. The molecule has 1 unspecified atom stereocenters. The predicted octanol–water partition coefficient (Wildman–Crippen LogP) is 1.04. The van der Waals surface area contributed by atoms with Gasteiger partial charge in [-0.25, -0.2) is 32.4 Å². The van der Waals surface area contributed by atoms with Crippen molar-refractivity contribution in [3.05, 3.63) is 33.1 Å². The largest absolute Gasteiger partial charge is 0.510 e. The number of nitrogens with zero attached hydrogens (tertiary/aromatic N) is 1. The summed E-state index contributed by atoms with van der Waals surface area (Å²) in [5, 5.41) is 21.1. The summed E-state index contributed by atoms with van der Waals surface area (Å²) in [5.41, 5.74) is -4.38. The van der Waals surface area contributed by atoms with Gasteiger partial charge in [0, 0.05) is 12.3 Å². The SMILES string of the molecule is CC(C)OC(=O)OCOP(=O)(OCOC(=O)OC(C)C)OC[C@@]1(F)OC(n2ccc(=O)[nH]c2=O)[C@](C)(O)[C@@H]1O. The van der Waals surface area contributed by atoms with Crippen molar-refractivity contribution in [3.63, 3.8) is 0 Å². The normalized spacial score (nSPS) is 25.1. The smallest absolute Gasteiger partial charge is 0.432 e. The van der Waals surface area contributed by atoms with E-state index in [4.69, 9.17) is 27.8 Å². The van der Waals surface area contributed by atoms with E-state index in [1.54, 1.807) is 0 Å². The van der Waals surface area contributed by atoms with Crippen molar-refractivity contribution in [3.8, 4) is 0 Å². The third-order valence-electron chi connectivity index (χ3n) is 4.73. The van der Waals surface area contributed by atoms with E-state index in [2.05, 4.69) is 9.47 Å². The number of nitrogens with one attached hydrogen (secondary N) is 1. The second-order valence-corrected chi connectivity index (χ2v) is 10.4. The van der Waals surface area contributed by atoms with E-state index >= 15 is 4.39 Å². The molecule has 19 heteroatoms. The highest BCUT2D eigenvalue weighted by Gasteiger charge is 2.63. The van der Waals surface area contributed by atoms with Crippen LogP contribution in [0.5, 0.6) is 0 Å². The fraction of sp³-hybridized carbons (Fsp3) is 0.700. The molecule has 0 bridgehead atoms. The number of aromatic nitrogens is 2. The van der Waals surface area contributed by atoms with Crippen LogP contribution >= 0.6 is 7.82 Å². The second kappa shape index (κ2) is 13.0. The highest BCUT2D eigenvalue weighted by molar-refractivity contribution is 7.48. The van der Waals surface area contributed by atoms with Crippen molar-refractivity contribution in [1.82, 2.24) is 9.55 Å². The number of phosphoric acid groups is 1. The molecule has 1 aromatic heterocycles. The first-order valence-electron chi connectivity index (χ1n) is 11.3. The summed E-state index contributed by atoms with van der Waals surface area (Å²) in [6.07, 6.45) is -7.02. The molecule has 1 saturated heterocycles. The van der Waals surface area contributed by atoms with Crippen molar-refractivity contribution in [2.75, 3.05) is 20.2 Å². The molecule has 0 amide bonds. The molecule has 17 nitrogen and oxygen atoms in total. The molecule has 0 radical (unpaired) electrons. The quantitative estimate of drug-likeness (QED) is 0.176. The summed E-state index contributed by atoms with van der Waals surface area (Å²) in [6.45, 7) is 3.34. The van der Waals surface area contributed by atoms with E-state index in [1.807, 2.05) is 4.98 Å². The number of hydrogen-bond acceptors (Lipinski definition) is 15. The van der Waals surface area contributed by atoms with Gasteiger partial charge in [-0.15, -0.1) is 0 Å². The molecule has 0 aliphatic carbocycles. The van der Waals surface area contributed by atoms with Gasteiger partial charge in [0.05, 0.1) is 12.2 Å². The summed E-state index contributed by atoms with van der Waals surface area (Å²) < 4.78 is 67.3. The number of aromatic amines is 1. The third-order valence-corrected chi connectivity index (χ3v) is 6.02. The number of H-pyrrole nitrogens is 1. The van der Waals surface area contributed by atoms with Crippen molar-refractivity contribution in [2.45, 2.75) is 70.6 Å². The zero-order valence-corrected chi connectivity index (χ0v) is 22.5. The number of halogens is 1. The number of carbonyl (C=O) groups excluding carboxylic acids is 2. The number of rotatable bonds is 12. The van der Waals surface area contributed by atoms with Crippen LogP contribution in [-0.2, 0) is 41.8 Å². The number of hydrogen-bond donors (Lipinski definition) is 3. The highest BCUT2D eigenvalue weighted by Crippen LogP contribution is 2.52.